The molecule has 0 unspecified atom stereocenters. The molecule has 0 radical (unpaired) electrons. The van der Waals surface area contributed by atoms with Gasteiger partial charge in [0.15, 0.2) is 0 Å². The third-order valence-electron chi connectivity index (χ3n) is 1.92. The zero-order valence-corrected chi connectivity index (χ0v) is 9.84. The molecule has 0 aromatic carbocycles. The van der Waals surface area contributed by atoms with Crippen LogP contribution >= 0.6 is 0 Å². The van der Waals surface area contributed by atoms with E-state index >= 15 is 0 Å². The quantitative estimate of drug-likeness (QED) is 0.632. The van der Waals surface area contributed by atoms with Crippen LogP contribution in [0.5, 0.6) is 0 Å². The number of hydrogen-bond acceptors (Lipinski definition) is 3. The van der Waals surface area contributed by atoms with Crippen molar-refractivity contribution in [2.45, 2.75) is 39.7 Å². The first-order valence-corrected chi connectivity index (χ1v) is 6.43. The molecule has 0 atom stereocenters. The number of nitrogens with zero attached hydrogens (tertiary/aromatic N) is 2. The van der Waals surface area contributed by atoms with Crippen LogP contribution in [-0.2, 0) is 10.0 Å². The molecule has 5 heteroatoms. The Bertz CT molecular complexity index is 290. The third kappa shape index (κ3) is 4.07. The maximum atomic E-state index is 11.7. The molecule has 0 aliphatic carbocycles. The van der Waals surface area contributed by atoms with E-state index < -0.39 is 10.0 Å². The van der Waals surface area contributed by atoms with Gasteiger partial charge in [-0.05, 0) is 20.3 Å². The summed E-state index contributed by atoms with van der Waals surface area (Å²) in [7, 11) is -3.24. The molecule has 0 amide bonds. The smallest absolute Gasteiger partial charge is 0.212 e. The molecular weight excluding hydrogens is 200 g/mol. The minimum absolute atomic E-state index is 0.0519. The molecule has 14 heavy (non-hydrogen) atoms. The second kappa shape index (κ2) is 5.99. The van der Waals surface area contributed by atoms with E-state index in [1.165, 1.54) is 4.31 Å². The fourth-order valence-corrected chi connectivity index (χ4v) is 2.90. The van der Waals surface area contributed by atoms with Gasteiger partial charge < -0.3 is 0 Å². The highest BCUT2D eigenvalue weighted by atomic mass is 32.2. The van der Waals surface area contributed by atoms with Gasteiger partial charge in [0.05, 0.1) is 11.8 Å². The second-order valence-electron chi connectivity index (χ2n) is 3.47. The van der Waals surface area contributed by atoms with Crippen LogP contribution in [0, 0.1) is 11.3 Å². The van der Waals surface area contributed by atoms with E-state index in [1.807, 2.05) is 13.0 Å². The van der Waals surface area contributed by atoms with Crippen LogP contribution in [0.15, 0.2) is 0 Å². The second-order valence-corrected chi connectivity index (χ2v) is 5.51. The molecular formula is C9H18N2O2S. The lowest BCUT2D eigenvalue weighted by Crippen LogP contribution is -2.38. The van der Waals surface area contributed by atoms with Crippen LogP contribution in [0.3, 0.4) is 0 Å². The summed E-state index contributed by atoms with van der Waals surface area (Å²) in [5.74, 6) is 0.142. The van der Waals surface area contributed by atoms with Crippen LogP contribution in [0.2, 0.25) is 0 Å². The molecule has 0 saturated carbocycles. The summed E-state index contributed by atoms with van der Waals surface area (Å²) in [5, 5.41) is 8.52. The minimum Gasteiger partial charge on any atom is -0.212 e. The molecule has 0 rings (SSSR count). The van der Waals surface area contributed by atoms with Gasteiger partial charge in [-0.2, -0.15) is 9.57 Å². The first kappa shape index (κ1) is 13.4. The summed E-state index contributed by atoms with van der Waals surface area (Å²) in [6.45, 7) is 5.45. The lowest BCUT2D eigenvalue weighted by Gasteiger charge is -2.22. The molecule has 82 valence electrons. The van der Waals surface area contributed by atoms with Gasteiger partial charge in [-0.3, -0.25) is 0 Å². The molecule has 0 saturated heterocycles. The lowest BCUT2D eigenvalue weighted by atomic mass is 10.4. The van der Waals surface area contributed by atoms with E-state index in [1.54, 1.807) is 13.8 Å². The zero-order chi connectivity index (χ0) is 11.2. The highest BCUT2D eigenvalue weighted by molar-refractivity contribution is 7.89. The Morgan fingerprint density at radius 1 is 1.43 bits per heavy atom. The van der Waals surface area contributed by atoms with Crippen molar-refractivity contribution in [2.75, 3.05) is 12.3 Å². The Kier molecular flexibility index (Phi) is 5.73. The average molecular weight is 218 g/mol. The summed E-state index contributed by atoms with van der Waals surface area (Å²) in [6, 6.07) is 1.74. The first-order chi connectivity index (χ1) is 6.45. The van der Waals surface area contributed by atoms with E-state index in [9.17, 15) is 8.42 Å². The summed E-state index contributed by atoms with van der Waals surface area (Å²) >= 11 is 0. The molecule has 0 fully saturated rings. The SMILES string of the molecule is CCCCS(=O)(=O)N(CC#N)C(C)C. The van der Waals surface area contributed by atoms with E-state index in [2.05, 4.69) is 0 Å². The molecule has 0 heterocycles. The predicted octanol–water partition coefficient (Wildman–Crippen LogP) is 1.35. The van der Waals surface area contributed by atoms with Crippen molar-refractivity contribution >= 4 is 10.0 Å². The molecule has 0 aliphatic rings. The third-order valence-corrected chi connectivity index (χ3v) is 3.99. The number of hydrogen-bond donors (Lipinski definition) is 0. The monoisotopic (exact) mass is 218 g/mol. The number of unbranched alkanes of at least 4 members (excludes halogenated alkanes) is 1. The Labute approximate surface area is 86.6 Å². The molecule has 0 bridgehead atoms. The van der Waals surface area contributed by atoms with Gasteiger partial charge in [0.1, 0.15) is 6.54 Å². The first-order valence-electron chi connectivity index (χ1n) is 4.82. The molecule has 4 nitrogen and oxygen atoms in total. The fourth-order valence-electron chi connectivity index (χ4n) is 1.12. The maximum absolute atomic E-state index is 11.7. The van der Waals surface area contributed by atoms with Gasteiger partial charge in [0.25, 0.3) is 0 Å². The standard InChI is InChI=1S/C9H18N2O2S/c1-4-5-8-14(12,13)11(7-6-10)9(2)3/h9H,4-5,7-8H2,1-3H3. The summed E-state index contributed by atoms with van der Waals surface area (Å²) < 4.78 is 24.6. The Balaban J connectivity index is 4.57. The topological polar surface area (TPSA) is 61.2 Å². The minimum atomic E-state index is -3.24. The highest BCUT2D eigenvalue weighted by Crippen LogP contribution is 2.08. The molecule has 0 aromatic rings. The van der Waals surface area contributed by atoms with E-state index in [4.69, 9.17) is 5.26 Å². The van der Waals surface area contributed by atoms with Crippen LogP contribution < -0.4 is 0 Å². The van der Waals surface area contributed by atoms with Crippen molar-refractivity contribution in [3.8, 4) is 6.07 Å². The Hall–Kier alpha value is -0.600. The van der Waals surface area contributed by atoms with Crippen molar-refractivity contribution < 1.29 is 8.42 Å². The lowest BCUT2D eigenvalue weighted by molar-refractivity contribution is 0.385. The van der Waals surface area contributed by atoms with E-state index in [0.717, 1.165) is 6.42 Å². The van der Waals surface area contributed by atoms with Crippen molar-refractivity contribution in [1.82, 2.24) is 4.31 Å². The molecule has 0 aromatic heterocycles. The summed E-state index contributed by atoms with van der Waals surface area (Å²) in [4.78, 5) is 0. The average Bonchev–Trinajstić information content (AvgIpc) is 2.10. The van der Waals surface area contributed by atoms with E-state index in [-0.39, 0.29) is 18.3 Å². The van der Waals surface area contributed by atoms with Crippen molar-refractivity contribution in [2.24, 2.45) is 0 Å². The van der Waals surface area contributed by atoms with Gasteiger partial charge in [-0.15, -0.1) is 0 Å². The summed E-state index contributed by atoms with van der Waals surface area (Å²) in [5.41, 5.74) is 0. The largest absolute Gasteiger partial charge is 0.215 e. The zero-order valence-electron chi connectivity index (χ0n) is 9.02. The number of nitriles is 1. The molecule has 0 spiro atoms. The van der Waals surface area contributed by atoms with Crippen LogP contribution in [0.1, 0.15) is 33.6 Å². The van der Waals surface area contributed by atoms with Gasteiger partial charge in [-0.1, -0.05) is 13.3 Å². The predicted molar refractivity (Wildman–Crippen MR) is 56.1 cm³/mol. The molecule has 0 N–H and O–H groups in total. The maximum Gasteiger partial charge on any atom is 0.215 e. The van der Waals surface area contributed by atoms with Crippen LogP contribution in [-0.4, -0.2) is 31.1 Å². The summed E-state index contributed by atoms with van der Waals surface area (Å²) in [6.07, 6.45) is 1.49. The highest BCUT2D eigenvalue weighted by Gasteiger charge is 2.23. The normalized spacial score (nSPS) is 12.0. The van der Waals surface area contributed by atoms with Gasteiger partial charge in [-0.25, -0.2) is 8.42 Å². The molecule has 0 aliphatic heterocycles. The fraction of sp³-hybridized carbons (Fsp3) is 0.889. The van der Waals surface area contributed by atoms with Gasteiger partial charge >= 0.3 is 0 Å². The van der Waals surface area contributed by atoms with Crippen molar-refractivity contribution in [1.29, 1.82) is 5.26 Å². The Morgan fingerprint density at radius 3 is 2.36 bits per heavy atom. The van der Waals surface area contributed by atoms with Gasteiger partial charge in [0.2, 0.25) is 10.0 Å². The van der Waals surface area contributed by atoms with E-state index in [0.29, 0.717) is 6.42 Å². The van der Waals surface area contributed by atoms with Crippen molar-refractivity contribution in [3.05, 3.63) is 0 Å². The van der Waals surface area contributed by atoms with Gasteiger partial charge in [0, 0.05) is 6.04 Å². The number of sulfonamides is 1. The number of rotatable bonds is 6. The van der Waals surface area contributed by atoms with Crippen LogP contribution in [0.4, 0.5) is 0 Å². The Morgan fingerprint density at radius 2 is 2.00 bits per heavy atom. The van der Waals surface area contributed by atoms with Crippen molar-refractivity contribution in [3.63, 3.8) is 0 Å². The van der Waals surface area contributed by atoms with Crippen LogP contribution in [0.25, 0.3) is 0 Å².